The predicted molar refractivity (Wildman–Crippen MR) is 94.2 cm³/mol. The highest BCUT2D eigenvalue weighted by atomic mass is 32.2. The highest BCUT2D eigenvalue weighted by molar-refractivity contribution is 7.91. The molecule has 6 nitrogen and oxygen atoms in total. The van der Waals surface area contributed by atoms with Crippen molar-refractivity contribution in [1.82, 2.24) is 4.98 Å². The number of nitriles is 1. The molecule has 7 heteroatoms. The third-order valence-electron chi connectivity index (χ3n) is 5.24. The van der Waals surface area contributed by atoms with Gasteiger partial charge in [-0.25, -0.2) is 8.42 Å². The van der Waals surface area contributed by atoms with E-state index in [9.17, 15) is 18.8 Å². The number of hydrogen-bond donors (Lipinski definition) is 1. The Morgan fingerprint density at radius 1 is 1.40 bits per heavy atom. The van der Waals surface area contributed by atoms with Gasteiger partial charge in [0.2, 0.25) is 0 Å². The molecule has 4 rings (SSSR count). The monoisotopic (exact) mass is 357 g/mol. The first kappa shape index (κ1) is 16.3. The van der Waals surface area contributed by atoms with Crippen molar-refractivity contribution in [3.8, 4) is 6.07 Å². The quantitative estimate of drug-likeness (QED) is 0.878. The molecule has 1 N–H and O–H groups in total. The molecule has 1 fully saturated rings. The Morgan fingerprint density at radius 3 is 3.00 bits per heavy atom. The predicted octanol–water partition coefficient (Wildman–Crippen LogP) is 1.64. The van der Waals surface area contributed by atoms with E-state index in [0.29, 0.717) is 23.4 Å². The highest BCUT2D eigenvalue weighted by Crippen LogP contribution is 2.39. The Hall–Kier alpha value is -2.17. The summed E-state index contributed by atoms with van der Waals surface area (Å²) >= 11 is 0. The first-order valence-corrected chi connectivity index (χ1v) is 10.1. The van der Waals surface area contributed by atoms with E-state index in [1.165, 1.54) is 0 Å². The number of aromatic nitrogens is 1. The van der Waals surface area contributed by atoms with Gasteiger partial charge in [0.15, 0.2) is 9.84 Å². The minimum absolute atomic E-state index is 0.108. The van der Waals surface area contributed by atoms with Crippen molar-refractivity contribution in [2.24, 2.45) is 5.92 Å². The van der Waals surface area contributed by atoms with Crippen molar-refractivity contribution in [1.29, 1.82) is 5.26 Å². The van der Waals surface area contributed by atoms with Crippen molar-refractivity contribution in [3.63, 3.8) is 0 Å². The van der Waals surface area contributed by atoms with Gasteiger partial charge >= 0.3 is 0 Å². The Morgan fingerprint density at radius 2 is 2.24 bits per heavy atom. The fourth-order valence-corrected chi connectivity index (χ4v) is 5.58. The van der Waals surface area contributed by atoms with Gasteiger partial charge in [-0.05, 0) is 42.9 Å². The maximum Gasteiger partial charge on any atom is 0.179 e. The fourth-order valence-electron chi connectivity index (χ4n) is 4.03. The van der Waals surface area contributed by atoms with Gasteiger partial charge in [0.05, 0.1) is 27.4 Å². The summed E-state index contributed by atoms with van der Waals surface area (Å²) in [5.41, 5.74) is 2.74. The summed E-state index contributed by atoms with van der Waals surface area (Å²) in [6, 6.07) is 5.58. The zero-order valence-electron chi connectivity index (χ0n) is 13.8. The molecule has 1 saturated heterocycles. The summed E-state index contributed by atoms with van der Waals surface area (Å²) in [5, 5.41) is 19.9. The number of nitrogens with zero attached hydrogens (tertiary/aromatic N) is 3. The lowest BCUT2D eigenvalue weighted by atomic mass is 9.95. The molecule has 0 spiro atoms. The van der Waals surface area contributed by atoms with Crippen LogP contribution in [0.2, 0.25) is 0 Å². The van der Waals surface area contributed by atoms with Gasteiger partial charge in [-0.15, -0.1) is 0 Å². The van der Waals surface area contributed by atoms with Crippen LogP contribution in [0.1, 0.15) is 24.0 Å². The number of fused-ring (bicyclic) bond motifs is 3. The third-order valence-corrected chi connectivity index (χ3v) is 7.04. The van der Waals surface area contributed by atoms with Gasteiger partial charge in [-0.2, -0.15) is 5.26 Å². The molecule has 2 aliphatic heterocycles. The molecule has 3 heterocycles. The molecule has 1 aromatic carbocycles. The minimum atomic E-state index is -3.25. The molecule has 0 saturated carbocycles. The Bertz CT molecular complexity index is 995. The number of sulfone groups is 1. The molecule has 1 aromatic heterocycles. The van der Waals surface area contributed by atoms with E-state index in [2.05, 4.69) is 16.0 Å². The third kappa shape index (κ3) is 2.57. The number of hydrogen-bond acceptors (Lipinski definition) is 6. The molecule has 1 unspecified atom stereocenters. The van der Waals surface area contributed by atoms with Gasteiger partial charge < -0.3 is 10.0 Å². The number of anilines is 1. The molecule has 0 radical (unpaired) electrons. The van der Waals surface area contributed by atoms with Crippen molar-refractivity contribution < 1.29 is 13.5 Å². The van der Waals surface area contributed by atoms with Crippen LogP contribution < -0.4 is 4.90 Å². The van der Waals surface area contributed by atoms with Crippen LogP contribution in [0, 0.1) is 17.2 Å². The van der Waals surface area contributed by atoms with E-state index in [4.69, 9.17) is 0 Å². The summed E-state index contributed by atoms with van der Waals surface area (Å²) < 4.78 is 24.6. The van der Waals surface area contributed by atoms with Crippen molar-refractivity contribution in [3.05, 3.63) is 29.5 Å². The van der Waals surface area contributed by atoms with Crippen LogP contribution in [0.3, 0.4) is 0 Å². The summed E-state index contributed by atoms with van der Waals surface area (Å²) in [6.45, 7) is 1.58. The second-order valence-corrected chi connectivity index (χ2v) is 8.85. The van der Waals surface area contributed by atoms with Crippen LogP contribution in [-0.2, 0) is 16.3 Å². The van der Waals surface area contributed by atoms with Crippen molar-refractivity contribution in [2.45, 2.75) is 24.2 Å². The molecule has 2 aromatic rings. The molecule has 0 amide bonds. The van der Waals surface area contributed by atoms with E-state index in [0.717, 1.165) is 41.5 Å². The second kappa shape index (κ2) is 5.97. The number of benzene rings is 1. The van der Waals surface area contributed by atoms with E-state index in [1.807, 2.05) is 0 Å². The largest absolute Gasteiger partial charge is 0.396 e. The summed E-state index contributed by atoms with van der Waals surface area (Å²) in [6.07, 6.45) is 3.92. The van der Waals surface area contributed by atoms with Crippen LogP contribution in [0.4, 0.5) is 5.69 Å². The van der Waals surface area contributed by atoms with E-state index < -0.39 is 9.84 Å². The maximum atomic E-state index is 12.3. The number of rotatable bonds is 2. The van der Waals surface area contributed by atoms with E-state index in [-0.39, 0.29) is 18.3 Å². The number of aliphatic hydroxyl groups is 1. The van der Waals surface area contributed by atoms with Crippen LogP contribution in [0.25, 0.3) is 10.9 Å². The molecule has 0 bridgehead atoms. The number of aryl methyl sites for hydroxylation is 1. The fraction of sp³-hybridized carbons (Fsp3) is 0.444. The van der Waals surface area contributed by atoms with Crippen LogP contribution in [0.15, 0.2) is 23.2 Å². The first-order valence-electron chi connectivity index (χ1n) is 8.48. The molecular weight excluding hydrogens is 338 g/mol. The van der Waals surface area contributed by atoms with E-state index >= 15 is 0 Å². The topological polar surface area (TPSA) is 94.3 Å². The molecule has 1 atom stereocenters. The highest BCUT2D eigenvalue weighted by Gasteiger charge is 2.31. The lowest BCUT2D eigenvalue weighted by molar-refractivity contribution is 0.209. The average molecular weight is 357 g/mol. The maximum absolute atomic E-state index is 12.3. The Balaban J connectivity index is 1.99. The molecular formula is C18H19N3O3S. The van der Waals surface area contributed by atoms with Gasteiger partial charge in [0.1, 0.15) is 6.07 Å². The average Bonchev–Trinajstić information content (AvgIpc) is 2.95. The van der Waals surface area contributed by atoms with Gasteiger partial charge in [-0.3, -0.25) is 4.98 Å². The lowest BCUT2D eigenvalue weighted by Gasteiger charge is -2.35. The van der Waals surface area contributed by atoms with Gasteiger partial charge in [0, 0.05) is 31.3 Å². The van der Waals surface area contributed by atoms with Crippen LogP contribution >= 0.6 is 0 Å². The van der Waals surface area contributed by atoms with Crippen molar-refractivity contribution >= 4 is 26.4 Å². The smallest absolute Gasteiger partial charge is 0.179 e. The van der Waals surface area contributed by atoms with Gasteiger partial charge in [-0.1, -0.05) is 0 Å². The summed E-state index contributed by atoms with van der Waals surface area (Å²) in [5.74, 6) is 0.278. The normalized spacial score (nSPS) is 21.9. The molecule has 0 aliphatic carbocycles. The van der Waals surface area contributed by atoms with Crippen molar-refractivity contribution in [2.75, 3.05) is 30.3 Å². The SMILES string of the molecule is N#Cc1cnc2ccc3c(c2c1N1CCCC(CO)C1)CCS3(=O)=O. The minimum Gasteiger partial charge on any atom is -0.396 e. The van der Waals surface area contributed by atoms with E-state index in [1.54, 1.807) is 18.3 Å². The first-order chi connectivity index (χ1) is 12.0. The number of piperidine rings is 1. The zero-order valence-corrected chi connectivity index (χ0v) is 14.6. The second-order valence-electron chi connectivity index (χ2n) is 6.77. The number of aliphatic hydroxyl groups excluding tert-OH is 1. The standard InChI is InChI=1S/C18H19N3O3S/c19-8-13-9-20-15-3-4-16-14(5-7-25(16,23)24)17(15)18(13)21-6-1-2-12(10-21)11-22/h3-4,9,12,22H,1-2,5-7,10-11H2. The number of pyridine rings is 1. The molecule has 130 valence electrons. The lowest BCUT2D eigenvalue weighted by Crippen LogP contribution is -2.37. The van der Waals surface area contributed by atoms with Gasteiger partial charge in [0.25, 0.3) is 0 Å². The van der Waals surface area contributed by atoms with Crippen LogP contribution in [0.5, 0.6) is 0 Å². The molecule has 2 aliphatic rings. The van der Waals surface area contributed by atoms with Crippen LogP contribution in [-0.4, -0.2) is 44.0 Å². The summed E-state index contributed by atoms with van der Waals surface area (Å²) in [4.78, 5) is 6.87. The summed E-state index contributed by atoms with van der Waals surface area (Å²) in [7, 11) is -3.25. The molecule has 25 heavy (non-hydrogen) atoms. The Labute approximate surface area is 146 Å². The zero-order chi connectivity index (χ0) is 17.6. The Kier molecular flexibility index (Phi) is 3.89.